The fourth-order valence-electron chi connectivity index (χ4n) is 6.24. The highest BCUT2D eigenvalue weighted by atomic mass is 16.3. The Hall–Kier alpha value is -1.68. The summed E-state index contributed by atoms with van der Waals surface area (Å²) in [5.41, 5.74) is 8.48. The number of aryl methyl sites for hydroxylation is 4. The molecule has 3 nitrogen and oxygen atoms in total. The van der Waals surface area contributed by atoms with E-state index in [9.17, 15) is 5.11 Å². The van der Waals surface area contributed by atoms with Gasteiger partial charge in [0.25, 0.3) is 0 Å². The van der Waals surface area contributed by atoms with Crippen LogP contribution in [0.15, 0.2) is 36.4 Å². The van der Waals surface area contributed by atoms with Crippen LogP contribution in [0.2, 0.25) is 0 Å². The molecule has 2 aromatic carbocycles. The topological polar surface area (TPSA) is 26.7 Å². The van der Waals surface area contributed by atoms with Gasteiger partial charge < -0.3 is 5.11 Å². The predicted molar refractivity (Wildman–Crippen MR) is 143 cm³/mol. The maximum absolute atomic E-state index is 9.68. The molecule has 186 valence electrons. The minimum Gasteiger partial charge on any atom is -0.395 e. The average Bonchev–Trinajstić information content (AvgIpc) is 3.27. The van der Waals surface area contributed by atoms with E-state index >= 15 is 0 Å². The molecule has 1 aliphatic heterocycles. The lowest BCUT2D eigenvalue weighted by molar-refractivity contribution is 0.114. The number of nitrogens with zero attached hydrogens (tertiary/aromatic N) is 2. The highest BCUT2D eigenvalue weighted by Gasteiger charge is 2.29. The SMILES string of the molecule is Cc1ccc(C)c(CN(Cc2cc(C)ccc2C)CC2CCC(CN3CCCC3CO)CC2)c1. The van der Waals surface area contributed by atoms with E-state index in [0.717, 1.165) is 24.9 Å². The zero-order valence-electron chi connectivity index (χ0n) is 22.0. The lowest BCUT2D eigenvalue weighted by Gasteiger charge is -2.35. The minimum absolute atomic E-state index is 0.334. The van der Waals surface area contributed by atoms with Gasteiger partial charge in [-0.1, -0.05) is 47.5 Å². The van der Waals surface area contributed by atoms with Gasteiger partial charge in [0.1, 0.15) is 0 Å². The summed E-state index contributed by atoms with van der Waals surface area (Å²) in [5, 5.41) is 9.68. The van der Waals surface area contributed by atoms with Crippen LogP contribution in [-0.2, 0) is 13.1 Å². The predicted octanol–water partition coefficient (Wildman–Crippen LogP) is 6.19. The molecule has 1 unspecified atom stereocenters. The van der Waals surface area contributed by atoms with Crippen molar-refractivity contribution in [3.63, 3.8) is 0 Å². The van der Waals surface area contributed by atoms with E-state index in [2.05, 4.69) is 73.9 Å². The summed E-state index contributed by atoms with van der Waals surface area (Å²) in [6.45, 7) is 14.9. The Bertz CT molecular complexity index is 878. The van der Waals surface area contributed by atoms with E-state index in [0.29, 0.717) is 12.6 Å². The molecule has 0 spiro atoms. The van der Waals surface area contributed by atoms with Crippen molar-refractivity contribution in [3.8, 4) is 0 Å². The number of hydrogen-bond donors (Lipinski definition) is 1. The molecule has 0 bridgehead atoms. The normalized spacial score (nSPS) is 23.6. The molecule has 1 N–H and O–H groups in total. The van der Waals surface area contributed by atoms with E-state index in [1.165, 1.54) is 91.5 Å². The van der Waals surface area contributed by atoms with Crippen molar-refractivity contribution in [3.05, 3.63) is 69.8 Å². The van der Waals surface area contributed by atoms with Gasteiger partial charge in [-0.3, -0.25) is 9.80 Å². The molecule has 2 fully saturated rings. The van der Waals surface area contributed by atoms with Gasteiger partial charge in [-0.15, -0.1) is 0 Å². The van der Waals surface area contributed by atoms with E-state index in [1.807, 2.05) is 0 Å². The Morgan fingerprint density at radius 1 is 0.794 bits per heavy atom. The third-order valence-corrected chi connectivity index (χ3v) is 8.48. The fraction of sp³-hybridized carbons (Fsp3) is 0.613. The van der Waals surface area contributed by atoms with Crippen LogP contribution in [0.4, 0.5) is 0 Å². The van der Waals surface area contributed by atoms with Crippen LogP contribution in [0.1, 0.15) is 71.9 Å². The molecule has 1 aliphatic carbocycles. The molecule has 1 atom stereocenters. The summed E-state index contributed by atoms with van der Waals surface area (Å²) >= 11 is 0. The first-order valence-electron chi connectivity index (χ1n) is 13.6. The number of aliphatic hydroxyl groups is 1. The number of rotatable bonds is 9. The first kappa shape index (κ1) is 25.4. The van der Waals surface area contributed by atoms with Gasteiger partial charge in [-0.25, -0.2) is 0 Å². The average molecular weight is 463 g/mol. The lowest BCUT2D eigenvalue weighted by Crippen LogP contribution is -2.38. The van der Waals surface area contributed by atoms with E-state index in [1.54, 1.807) is 0 Å². The lowest BCUT2D eigenvalue weighted by atomic mass is 9.81. The smallest absolute Gasteiger partial charge is 0.0586 e. The molecule has 2 aromatic rings. The van der Waals surface area contributed by atoms with Crippen LogP contribution in [0.25, 0.3) is 0 Å². The summed E-state index contributed by atoms with van der Waals surface area (Å²) in [7, 11) is 0. The summed E-state index contributed by atoms with van der Waals surface area (Å²) in [6.07, 6.45) is 7.82. The number of aliphatic hydroxyl groups excluding tert-OH is 1. The second-order valence-corrected chi connectivity index (χ2v) is 11.4. The van der Waals surface area contributed by atoms with Crippen LogP contribution in [0, 0.1) is 39.5 Å². The summed E-state index contributed by atoms with van der Waals surface area (Å²) in [6, 6.07) is 14.2. The maximum atomic E-state index is 9.68. The van der Waals surface area contributed by atoms with Crippen molar-refractivity contribution in [2.45, 2.75) is 85.4 Å². The standard InChI is InChI=1S/C31H46N2O/c1-23-7-9-25(3)29(16-23)20-32(21-30-17-24(2)8-10-26(30)4)18-27-11-13-28(14-12-27)19-33-15-5-6-31(33)22-34/h7-10,16-17,27-28,31,34H,5-6,11-15,18-22H2,1-4H3. The quantitative estimate of drug-likeness (QED) is 0.482. The third-order valence-electron chi connectivity index (χ3n) is 8.48. The van der Waals surface area contributed by atoms with Crippen LogP contribution in [0.3, 0.4) is 0 Å². The van der Waals surface area contributed by atoms with Crippen molar-refractivity contribution < 1.29 is 5.11 Å². The second kappa shape index (κ2) is 11.8. The highest BCUT2D eigenvalue weighted by Crippen LogP contribution is 2.32. The molecule has 1 saturated carbocycles. The van der Waals surface area contributed by atoms with Crippen LogP contribution < -0.4 is 0 Å². The number of likely N-dealkylation sites (tertiary alicyclic amines) is 1. The molecule has 3 heteroatoms. The highest BCUT2D eigenvalue weighted by molar-refractivity contribution is 5.32. The van der Waals surface area contributed by atoms with E-state index < -0.39 is 0 Å². The molecule has 0 radical (unpaired) electrons. The molecule has 34 heavy (non-hydrogen) atoms. The van der Waals surface area contributed by atoms with Gasteiger partial charge >= 0.3 is 0 Å². The van der Waals surface area contributed by atoms with Gasteiger partial charge in [0.2, 0.25) is 0 Å². The van der Waals surface area contributed by atoms with Gasteiger partial charge in [-0.05, 0) is 107 Å². The Labute approximate surface area is 208 Å². The molecule has 1 saturated heterocycles. The Balaban J connectivity index is 1.40. The van der Waals surface area contributed by atoms with Crippen molar-refractivity contribution in [2.24, 2.45) is 11.8 Å². The number of benzene rings is 2. The largest absolute Gasteiger partial charge is 0.395 e. The Kier molecular flexibility index (Phi) is 8.85. The minimum atomic E-state index is 0.334. The van der Waals surface area contributed by atoms with Crippen LogP contribution in [-0.4, -0.2) is 47.2 Å². The van der Waals surface area contributed by atoms with Gasteiger partial charge in [0.05, 0.1) is 6.61 Å². The summed E-state index contributed by atoms with van der Waals surface area (Å²) < 4.78 is 0. The summed E-state index contributed by atoms with van der Waals surface area (Å²) in [4.78, 5) is 5.29. The molecule has 0 amide bonds. The maximum Gasteiger partial charge on any atom is 0.0586 e. The van der Waals surface area contributed by atoms with E-state index in [-0.39, 0.29) is 0 Å². The van der Waals surface area contributed by atoms with Crippen molar-refractivity contribution in [2.75, 3.05) is 26.2 Å². The Morgan fingerprint density at radius 2 is 1.35 bits per heavy atom. The van der Waals surface area contributed by atoms with Crippen molar-refractivity contribution in [1.82, 2.24) is 9.80 Å². The van der Waals surface area contributed by atoms with Crippen LogP contribution in [0.5, 0.6) is 0 Å². The molecular weight excluding hydrogens is 416 g/mol. The monoisotopic (exact) mass is 462 g/mol. The van der Waals surface area contributed by atoms with Gasteiger partial charge in [0.15, 0.2) is 0 Å². The summed E-state index contributed by atoms with van der Waals surface area (Å²) in [5.74, 6) is 1.61. The molecule has 0 aromatic heterocycles. The molecular formula is C31H46N2O. The molecule has 1 heterocycles. The van der Waals surface area contributed by atoms with Crippen molar-refractivity contribution >= 4 is 0 Å². The molecule has 4 rings (SSSR count). The first-order chi connectivity index (χ1) is 16.4. The zero-order valence-corrected chi connectivity index (χ0v) is 22.0. The molecule has 2 aliphatic rings. The van der Waals surface area contributed by atoms with Gasteiger partial charge in [0, 0.05) is 32.2 Å². The number of hydrogen-bond acceptors (Lipinski definition) is 3. The second-order valence-electron chi connectivity index (χ2n) is 11.4. The van der Waals surface area contributed by atoms with Gasteiger partial charge in [-0.2, -0.15) is 0 Å². The first-order valence-corrected chi connectivity index (χ1v) is 13.6. The third kappa shape index (κ3) is 6.71. The van der Waals surface area contributed by atoms with Crippen LogP contribution >= 0.6 is 0 Å². The zero-order chi connectivity index (χ0) is 24.1. The van der Waals surface area contributed by atoms with E-state index in [4.69, 9.17) is 0 Å². The Morgan fingerprint density at radius 3 is 1.91 bits per heavy atom. The fourth-order valence-corrected chi connectivity index (χ4v) is 6.24. The van der Waals surface area contributed by atoms with Crippen molar-refractivity contribution in [1.29, 1.82) is 0 Å².